The second-order valence-corrected chi connectivity index (χ2v) is 5.54. The second-order valence-electron chi connectivity index (χ2n) is 4.29. The van der Waals surface area contributed by atoms with E-state index in [2.05, 4.69) is 15.8 Å². The Morgan fingerprint density at radius 3 is 2.59 bits per heavy atom. The van der Waals surface area contributed by atoms with Gasteiger partial charge in [0.25, 0.3) is 5.91 Å². The first kappa shape index (κ1) is 16.6. The van der Waals surface area contributed by atoms with E-state index < -0.39 is 0 Å². The summed E-state index contributed by atoms with van der Waals surface area (Å²) in [6.45, 7) is 0.0510. The number of carbonyl (C=O) groups is 1. The van der Waals surface area contributed by atoms with Gasteiger partial charge in [-0.1, -0.05) is 53.0 Å². The van der Waals surface area contributed by atoms with Crippen LogP contribution in [0.4, 0.5) is 5.69 Å². The Kier molecular flexibility index (Phi) is 6.07. The molecule has 0 atom stereocenters. The van der Waals surface area contributed by atoms with E-state index in [1.165, 1.54) is 6.21 Å². The molecule has 0 radical (unpaired) electrons. The lowest BCUT2D eigenvalue weighted by Gasteiger charge is -2.06. The van der Waals surface area contributed by atoms with Crippen LogP contribution in [-0.2, 0) is 4.79 Å². The van der Waals surface area contributed by atoms with E-state index in [1.54, 1.807) is 30.3 Å². The van der Waals surface area contributed by atoms with E-state index in [4.69, 9.17) is 34.8 Å². The molecule has 2 aromatic carbocycles. The number of hydrogen-bond acceptors (Lipinski definition) is 3. The van der Waals surface area contributed by atoms with Gasteiger partial charge in [0.1, 0.15) is 0 Å². The van der Waals surface area contributed by atoms with Gasteiger partial charge in [0.15, 0.2) is 0 Å². The predicted molar refractivity (Wildman–Crippen MR) is 92.1 cm³/mol. The maximum absolute atomic E-state index is 11.7. The van der Waals surface area contributed by atoms with Crippen molar-refractivity contribution in [2.24, 2.45) is 5.10 Å². The van der Waals surface area contributed by atoms with E-state index in [0.717, 1.165) is 0 Å². The van der Waals surface area contributed by atoms with Crippen LogP contribution in [0.1, 0.15) is 5.56 Å². The topological polar surface area (TPSA) is 53.5 Å². The van der Waals surface area contributed by atoms with E-state index in [0.29, 0.717) is 26.3 Å². The molecule has 0 aromatic heterocycles. The molecule has 1 amide bonds. The van der Waals surface area contributed by atoms with E-state index >= 15 is 0 Å². The summed E-state index contributed by atoms with van der Waals surface area (Å²) in [7, 11) is 0. The van der Waals surface area contributed by atoms with Crippen molar-refractivity contribution in [3.05, 3.63) is 63.1 Å². The normalized spacial score (nSPS) is 10.7. The van der Waals surface area contributed by atoms with Crippen LogP contribution in [0.2, 0.25) is 15.1 Å². The zero-order valence-corrected chi connectivity index (χ0v) is 13.6. The minimum atomic E-state index is -0.304. The van der Waals surface area contributed by atoms with Crippen molar-refractivity contribution in [3.63, 3.8) is 0 Å². The molecule has 0 aliphatic carbocycles. The lowest BCUT2D eigenvalue weighted by Crippen LogP contribution is -2.25. The number of halogens is 3. The highest BCUT2D eigenvalue weighted by Crippen LogP contribution is 2.20. The highest BCUT2D eigenvalue weighted by atomic mass is 35.5. The molecular weight excluding hydrogens is 345 g/mol. The number of hydrazone groups is 1. The fourth-order valence-corrected chi connectivity index (χ4v) is 2.26. The van der Waals surface area contributed by atoms with Gasteiger partial charge in [0.05, 0.1) is 28.5 Å². The first-order valence-electron chi connectivity index (χ1n) is 6.31. The van der Waals surface area contributed by atoms with Crippen molar-refractivity contribution >= 4 is 52.6 Å². The first-order chi connectivity index (χ1) is 10.6. The zero-order valence-electron chi connectivity index (χ0n) is 11.3. The van der Waals surface area contributed by atoms with E-state index in [1.807, 2.05) is 12.1 Å². The van der Waals surface area contributed by atoms with Gasteiger partial charge in [-0.25, -0.2) is 5.43 Å². The summed E-state index contributed by atoms with van der Waals surface area (Å²) in [5.74, 6) is -0.304. The smallest absolute Gasteiger partial charge is 0.259 e. The summed E-state index contributed by atoms with van der Waals surface area (Å²) in [6.07, 6.45) is 1.45. The number of benzene rings is 2. The first-order valence-corrected chi connectivity index (χ1v) is 7.45. The summed E-state index contributed by atoms with van der Waals surface area (Å²) < 4.78 is 0. The Labute approximate surface area is 143 Å². The summed E-state index contributed by atoms with van der Waals surface area (Å²) in [5.41, 5.74) is 3.74. The Morgan fingerprint density at radius 2 is 1.86 bits per heavy atom. The van der Waals surface area contributed by atoms with Gasteiger partial charge in [-0.2, -0.15) is 5.10 Å². The van der Waals surface area contributed by atoms with Gasteiger partial charge in [0, 0.05) is 10.6 Å². The van der Waals surface area contributed by atoms with Crippen molar-refractivity contribution in [2.75, 3.05) is 11.9 Å². The van der Waals surface area contributed by atoms with Crippen molar-refractivity contribution < 1.29 is 4.79 Å². The van der Waals surface area contributed by atoms with Crippen LogP contribution in [0.3, 0.4) is 0 Å². The Hall–Kier alpha value is -1.75. The molecule has 4 nitrogen and oxygen atoms in total. The van der Waals surface area contributed by atoms with Gasteiger partial charge in [-0.15, -0.1) is 0 Å². The van der Waals surface area contributed by atoms with Gasteiger partial charge >= 0.3 is 0 Å². The molecule has 0 bridgehead atoms. The van der Waals surface area contributed by atoms with Gasteiger partial charge in [0.2, 0.25) is 0 Å². The number of carbonyl (C=O) groups excluding carboxylic acids is 1. The molecule has 0 fully saturated rings. The van der Waals surface area contributed by atoms with Crippen molar-refractivity contribution in [1.82, 2.24) is 5.43 Å². The number of rotatable bonds is 5. The van der Waals surface area contributed by atoms with Crippen LogP contribution in [0, 0.1) is 0 Å². The van der Waals surface area contributed by atoms with Gasteiger partial charge in [-0.3, -0.25) is 4.79 Å². The average Bonchev–Trinajstić information content (AvgIpc) is 2.49. The largest absolute Gasteiger partial charge is 0.375 e. The molecule has 2 aromatic rings. The fraction of sp³-hybridized carbons (Fsp3) is 0.0667. The molecule has 2 rings (SSSR count). The van der Waals surface area contributed by atoms with Crippen molar-refractivity contribution in [3.8, 4) is 0 Å². The maximum Gasteiger partial charge on any atom is 0.259 e. The molecule has 22 heavy (non-hydrogen) atoms. The number of anilines is 1. The number of nitrogens with zero attached hydrogens (tertiary/aromatic N) is 1. The van der Waals surface area contributed by atoms with Crippen LogP contribution in [0.5, 0.6) is 0 Å². The third-order valence-electron chi connectivity index (χ3n) is 2.67. The molecule has 114 valence electrons. The molecule has 7 heteroatoms. The summed E-state index contributed by atoms with van der Waals surface area (Å²) in [4.78, 5) is 11.7. The third kappa shape index (κ3) is 4.91. The van der Waals surface area contributed by atoms with Crippen LogP contribution in [0.25, 0.3) is 0 Å². The number of amides is 1. The minimum absolute atomic E-state index is 0.0510. The molecule has 0 saturated heterocycles. The second kappa shape index (κ2) is 8.03. The highest BCUT2D eigenvalue weighted by molar-refractivity contribution is 6.36. The minimum Gasteiger partial charge on any atom is -0.375 e. The highest BCUT2D eigenvalue weighted by Gasteiger charge is 2.02. The number of nitrogens with one attached hydrogen (secondary N) is 2. The third-order valence-corrected chi connectivity index (χ3v) is 3.56. The van der Waals surface area contributed by atoms with Crippen molar-refractivity contribution in [2.45, 2.75) is 0 Å². The summed E-state index contributed by atoms with van der Waals surface area (Å²) in [5, 5.41) is 8.30. The zero-order chi connectivity index (χ0) is 15.9. The predicted octanol–water partition coefficient (Wildman–Crippen LogP) is 4.21. The van der Waals surface area contributed by atoms with Gasteiger partial charge in [-0.05, 0) is 24.3 Å². The summed E-state index contributed by atoms with van der Waals surface area (Å²) in [6, 6.07) is 12.2. The molecule has 0 saturated carbocycles. The Bertz CT molecular complexity index is 704. The number of para-hydroxylation sites is 1. The van der Waals surface area contributed by atoms with Gasteiger partial charge < -0.3 is 5.32 Å². The molecule has 0 heterocycles. The van der Waals surface area contributed by atoms with E-state index in [-0.39, 0.29) is 12.5 Å². The van der Waals surface area contributed by atoms with E-state index in [9.17, 15) is 4.79 Å². The molecular formula is C15H12Cl3N3O. The number of hydrogen-bond donors (Lipinski definition) is 2. The van der Waals surface area contributed by atoms with Crippen LogP contribution < -0.4 is 10.7 Å². The molecule has 0 aliphatic heterocycles. The lowest BCUT2D eigenvalue weighted by molar-refractivity contribution is -0.119. The quantitative estimate of drug-likeness (QED) is 0.623. The molecule has 0 spiro atoms. The van der Waals surface area contributed by atoms with Crippen LogP contribution in [0.15, 0.2) is 47.6 Å². The molecule has 0 unspecified atom stereocenters. The van der Waals surface area contributed by atoms with Crippen LogP contribution in [-0.4, -0.2) is 18.7 Å². The van der Waals surface area contributed by atoms with Crippen molar-refractivity contribution in [1.29, 1.82) is 0 Å². The average molecular weight is 357 g/mol. The lowest BCUT2D eigenvalue weighted by atomic mass is 10.2. The summed E-state index contributed by atoms with van der Waals surface area (Å²) >= 11 is 17.8. The standard InChI is InChI=1S/C15H12Cl3N3O/c16-11-6-5-10(13(18)7-11)8-20-21-15(22)9-19-14-4-2-1-3-12(14)17/h1-8,19H,9H2,(H,21,22). The Morgan fingerprint density at radius 1 is 1.09 bits per heavy atom. The van der Waals surface area contributed by atoms with Crippen LogP contribution >= 0.6 is 34.8 Å². The fourth-order valence-electron chi connectivity index (χ4n) is 1.60. The molecule has 0 aliphatic rings. The Balaban J connectivity index is 1.85. The monoisotopic (exact) mass is 355 g/mol. The molecule has 2 N–H and O–H groups in total. The maximum atomic E-state index is 11.7. The SMILES string of the molecule is O=C(CNc1ccccc1Cl)NN=Cc1ccc(Cl)cc1Cl.